The summed E-state index contributed by atoms with van der Waals surface area (Å²) in [6.07, 6.45) is 1.34. The van der Waals surface area contributed by atoms with Crippen LogP contribution < -0.4 is 10.2 Å². The number of nitrogens with zero attached hydrogens (tertiary/aromatic N) is 3. The fraction of sp³-hybridized carbons (Fsp3) is 0.583. The smallest absolute Gasteiger partial charge is 0.291 e. The van der Waals surface area contributed by atoms with Crippen LogP contribution in [0.1, 0.15) is 19.4 Å². The molecule has 1 aromatic rings. The summed E-state index contributed by atoms with van der Waals surface area (Å²) in [6, 6.07) is 0. The zero-order chi connectivity index (χ0) is 14.2. The van der Waals surface area contributed by atoms with Gasteiger partial charge in [-0.05, 0) is 36.7 Å². The topological polar surface area (TPSA) is 71.3 Å². The second-order valence-corrected chi connectivity index (χ2v) is 6.19. The predicted molar refractivity (Wildman–Crippen MR) is 77.6 cm³/mol. The molecule has 1 aliphatic heterocycles. The van der Waals surface area contributed by atoms with Gasteiger partial charge in [-0.3, -0.25) is 10.1 Å². The molecule has 0 unspecified atom stereocenters. The first-order chi connectivity index (χ1) is 8.82. The van der Waals surface area contributed by atoms with E-state index in [1.54, 1.807) is 6.92 Å². The Morgan fingerprint density at radius 2 is 2.26 bits per heavy atom. The van der Waals surface area contributed by atoms with Crippen molar-refractivity contribution in [2.45, 2.75) is 26.3 Å². The molecule has 0 spiro atoms. The standard InChI is InChI=1S/C12H17BrN4O2/c1-8-9(17(18)19)6-14-11(10(8)13)16-5-4-15-12(2,3)7-16/h6,15H,4-5,7H2,1-3H3. The van der Waals surface area contributed by atoms with Crippen molar-refractivity contribution < 1.29 is 4.92 Å². The summed E-state index contributed by atoms with van der Waals surface area (Å²) < 4.78 is 0.708. The maximum atomic E-state index is 10.9. The van der Waals surface area contributed by atoms with Crippen LogP contribution in [0.15, 0.2) is 10.7 Å². The van der Waals surface area contributed by atoms with E-state index < -0.39 is 4.92 Å². The molecule has 0 atom stereocenters. The highest BCUT2D eigenvalue weighted by molar-refractivity contribution is 9.10. The van der Waals surface area contributed by atoms with Crippen molar-refractivity contribution in [1.82, 2.24) is 10.3 Å². The first-order valence-electron chi connectivity index (χ1n) is 6.11. The summed E-state index contributed by atoms with van der Waals surface area (Å²) in [5.74, 6) is 0.776. The quantitative estimate of drug-likeness (QED) is 0.666. The molecule has 0 aliphatic carbocycles. The predicted octanol–water partition coefficient (Wildman–Crippen LogP) is 2.25. The summed E-state index contributed by atoms with van der Waals surface area (Å²) >= 11 is 3.44. The van der Waals surface area contributed by atoms with Crippen molar-refractivity contribution in [3.05, 3.63) is 26.3 Å². The molecule has 1 N–H and O–H groups in total. The number of piperazine rings is 1. The first-order valence-corrected chi connectivity index (χ1v) is 6.90. The lowest BCUT2D eigenvalue weighted by Gasteiger charge is -2.40. The lowest BCUT2D eigenvalue weighted by Crippen LogP contribution is -2.57. The molecule has 1 saturated heterocycles. The summed E-state index contributed by atoms with van der Waals surface area (Å²) in [7, 11) is 0. The second kappa shape index (κ2) is 5.05. The van der Waals surface area contributed by atoms with E-state index in [9.17, 15) is 10.1 Å². The van der Waals surface area contributed by atoms with E-state index in [4.69, 9.17) is 0 Å². The van der Waals surface area contributed by atoms with Crippen LogP contribution in [-0.4, -0.2) is 35.1 Å². The number of hydrogen-bond acceptors (Lipinski definition) is 5. The van der Waals surface area contributed by atoms with E-state index in [0.717, 1.165) is 25.5 Å². The molecule has 6 nitrogen and oxygen atoms in total. The Balaban J connectivity index is 2.36. The van der Waals surface area contributed by atoms with Gasteiger partial charge in [-0.25, -0.2) is 4.98 Å². The Kier molecular flexibility index (Phi) is 3.78. The van der Waals surface area contributed by atoms with Gasteiger partial charge in [-0.1, -0.05) is 0 Å². The van der Waals surface area contributed by atoms with Gasteiger partial charge in [0, 0.05) is 30.7 Å². The molecule has 0 aromatic carbocycles. The van der Waals surface area contributed by atoms with Crippen molar-refractivity contribution >= 4 is 27.4 Å². The third-order valence-electron chi connectivity index (χ3n) is 3.29. The van der Waals surface area contributed by atoms with Crippen molar-refractivity contribution in [3.63, 3.8) is 0 Å². The van der Waals surface area contributed by atoms with Crippen LogP contribution in [0.5, 0.6) is 0 Å². The van der Waals surface area contributed by atoms with Crippen LogP contribution in [0.25, 0.3) is 0 Å². The Labute approximate surface area is 120 Å². The molecular formula is C12H17BrN4O2. The van der Waals surface area contributed by atoms with Crippen molar-refractivity contribution in [2.75, 3.05) is 24.5 Å². The Morgan fingerprint density at radius 3 is 2.84 bits per heavy atom. The third-order valence-corrected chi connectivity index (χ3v) is 4.24. The monoisotopic (exact) mass is 328 g/mol. The molecule has 19 heavy (non-hydrogen) atoms. The van der Waals surface area contributed by atoms with E-state index in [0.29, 0.717) is 10.0 Å². The van der Waals surface area contributed by atoms with E-state index in [-0.39, 0.29) is 11.2 Å². The van der Waals surface area contributed by atoms with Gasteiger partial charge in [-0.15, -0.1) is 0 Å². The Morgan fingerprint density at radius 1 is 1.58 bits per heavy atom. The molecule has 2 heterocycles. The van der Waals surface area contributed by atoms with Gasteiger partial charge in [-0.2, -0.15) is 0 Å². The summed E-state index contributed by atoms with van der Waals surface area (Å²) in [6.45, 7) is 8.52. The molecule has 0 amide bonds. The zero-order valence-corrected chi connectivity index (χ0v) is 12.8. The molecule has 1 aromatic heterocycles. The number of anilines is 1. The van der Waals surface area contributed by atoms with Crippen molar-refractivity contribution in [2.24, 2.45) is 0 Å². The lowest BCUT2D eigenvalue weighted by molar-refractivity contribution is -0.385. The zero-order valence-electron chi connectivity index (χ0n) is 11.2. The number of rotatable bonds is 2. The minimum absolute atomic E-state index is 0.00898. The second-order valence-electron chi connectivity index (χ2n) is 5.40. The molecule has 0 saturated carbocycles. The number of nitro groups is 1. The number of halogens is 1. The van der Waals surface area contributed by atoms with Crippen LogP contribution in [0.3, 0.4) is 0 Å². The summed E-state index contributed by atoms with van der Waals surface area (Å²) in [5.41, 5.74) is 0.672. The minimum atomic E-state index is -0.404. The number of aromatic nitrogens is 1. The summed E-state index contributed by atoms with van der Waals surface area (Å²) in [4.78, 5) is 16.9. The average molecular weight is 329 g/mol. The van der Waals surface area contributed by atoms with Gasteiger partial charge in [0.05, 0.1) is 9.40 Å². The van der Waals surface area contributed by atoms with Gasteiger partial charge in [0.2, 0.25) is 0 Å². The average Bonchev–Trinajstić information content (AvgIpc) is 2.30. The van der Waals surface area contributed by atoms with E-state index in [2.05, 4.69) is 45.0 Å². The Hall–Kier alpha value is -1.21. The maximum absolute atomic E-state index is 10.9. The van der Waals surface area contributed by atoms with E-state index in [1.165, 1.54) is 6.20 Å². The normalized spacial score (nSPS) is 18.4. The number of hydrogen-bond donors (Lipinski definition) is 1. The van der Waals surface area contributed by atoms with Crippen LogP contribution in [0, 0.1) is 17.0 Å². The van der Waals surface area contributed by atoms with Gasteiger partial charge in [0.1, 0.15) is 12.0 Å². The van der Waals surface area contributed by atoms with Crippen LogP contribution in [0.2, 0.25) is 0 Å². The highest BCUT2D eigenvalue weighted by Crippen LogP contribution is 2.33. The lowest BCUT2D eigenvalue weighted by atomic mass is 10.0. The molecule has 0 bridgehead atoms. The molecule has 0 radical (unpaired) electrons. The SMILES string of the molecule is Cc1c([N+](=O)[O-])cnc(N2CCNC(C)(C)C2)c1Br. The van der Waals surface area contributed by atoms with E-state index in [1.807, 2.05) is 0 Å². The Bertz CT molecular complexity index is 519. The van der Waals surface area contributed by atoms with Crippen molar-refractivity contribution in [1.29, 1.82) is 0 Å². The molecule has 2 rings (SSSR count). The fourth-order valence-electron chi connectivity index (χ4n) is 2.28. The van der Waals surface area contributed by atoms with Crippen LogP contribution in [0.4, 0.5) is 11.5 Å². The molecule has 7 heteroatoms. The molecule has 104 valence electrons. The fourth-order valence-corrected chi connectivity index (χ4v) is 2.84. The highest BCUT2D eigenvalue weighted by Gasteiger charge is 2.29. The van der Waals surface area contributed by atoms with Gasteiger partial charge in [0.25, 0.3) is 5.69 Å². The highest BCUT2D eigenvalue weighted by atomic mass is 79.9. The maximum Gasteiger partial charge on any atom is 0.291 e. The largest absolute Gasteiger partial charge is 0.353 e. The van der Waals surface area contributed by atoms with Crippen LogP contribution >= 0.6 is 15.9 Å². The molecule has 1 aliphatic rings. The minimum Gasteiger partial charge on any atom is -0.353 e. The molecular weight excluding hydrogens is 312 g/mol. The molecule has 1 fully saturated rings. The van der Waals surface area contributed by atoms with Gasteiger partial charge in [0.15, 0.2) is 0 Å². The first kappa shape index (κ1) is 14.2. The van der Waals surface area contributed by atoms with Gasteiger partial charge >= 0.3 is 0 Å². The van der Waals surface area contributed by atoms with E-state index >= 15 is 0 Å². The number of pyridine rings is 1. The van der Waals surface area contributed by atoms with Crippen LogP contribution in [-0.2, 0) is 0 Å². The summed E-state index contributed by atoms with van der Waals surface area (Å²) in [5, 5.41) is 14.3. The van der Waals surface area contributed by atoms with Gasteiger partial charge < -0.3 is 10.2 Å². The number of nitrogens with one attached hydrogen (secondary N) is 1. The third kappa shape index (κ3) is 2.87. The van der Waals surface area contributed by atoms with Crippen molar-refractivity contribution in [3.8, 4) is 0 Å².